The molecule has 0 radical (unpaired) electrons. The number of aromatic nitrogens is 2. The van der Waals surface area contributed by atoms with Crippen LogP contribution >= 0.6 is 11.6 Å². The summed E-state index contributed by atoms with van der Waals surface area (Å²) in [7, 11) is 3.12. The van der Waals surface area contributed by atoms with Gasteiger partial charge in [-0.2, -0.15) is 0 Å². The van der Waals surface area contributed by atoms with Gasteiger partial charge in [-0.15, -0.1) is 0 Å². The zero-order valence-electron chi connectivity index (χ0n) is 10.3. The Labute approximate surface area is 113 Å². The number of H-pyrrole nitrogens is 2. The number of ether oxygens (including phenoxy) is 2. The average Bonchev–Trinajstić information content (AvgIpc) is 2.80. The molecule has 2 aromatic heterocycles. The Morgan fingerprint density at radius 2 is 1.84 bits per heavy atom. The van der Waals surface area contributed by atoms with Crippen LogP contribution in [-0.4, -0.2) is 24.2 Å². The molecule has 2 heterocycles. The quantitative estimate of drug-likeness (QED) is 0.757. The highest BCUT2D eigenvalue weighted by Crippen LogP contribution is 2.36. The number of halogens is 1. The summed E-state index contributed by atoms with van der Waals surface area (Å²) in [5.41, 5.74) is 0.998. The van der Waals surface area contributed by atoms with Crippen molar-refractivity contribution >= 4 is 33.4 Å². The van der Waals surface area contributed by atoms with Gasteiger partial charge in [-0.05, 0) is 6.07 Å². The Bertz CT molecular complexity index is 835. The van der Waals surface area contributed by atoms with E-state index in [4.69, 9.17) is 21.1 Å². The third kappa shape index (κ3) is 1.66. The van der Waals surface area contributed by atoms with Gasteiger partial charge in [-0.25, -0.2) is 0 Å². The first kappa shape index (κ1) is 11.9. The second-order valence-corrected chi connectivity index (χ2v) is 4.50. The van der Waals surface area contributed by atoms with Crippen molar-refractivity contribution in [2.45, 2.75) is 0 Å². The summed E-state index contributed by atoms with van der Waals surface area (Å²) >= 11 is 6.16. The van der Waals surface area contributed by atoms with Crippen molar-refractivity contribution in [2.24, 2.45) is 0 Å². The lowest BCUT2D eigenvalue weighted by Crippen LogP contribution is -2.04. The molecule has 3 aromatic rings. The van der Waals surface area contributed by atoms with E-state index >= 15 is 0 Å². The Kier molecular flexibility index (Phi) is 2.64. The van der Waals surface area contributed by atoms with Crippen molar-refractivity contribution in [3.63, 3.8) is 0 Å². The predicted molar refractivity (Wildman–Crippen MR) is 74.5 cm³/mol. The molecule has 5 nitrogen and oxygen atoms in total. The SMILES string of the molecule is COc1cc2[nH]c3c(=O)[nH]cc(Cl)c3c2cc1OC. The molecular formula is C13H11ClN2O3. The molecule has 0 bridgehead atoms. The standard InChI is InChI=1S/C13H11ClN2O3/c1-18-9-3-6-8(4-10(9)19-2)16-12-11(6)7(14)5-15-13(12)17/h3-5,16H,1-2H3,(H,15,17). The van der Waals surface area contributed by atoms with Crippen LogP contribution in [0.5, 0.6) is 11.5 Å². The molecule has 1 aromatic carbocycles. The van der Waals surface area contributed by atoms with E-state index < -0.39 is 0 Å². The van der Waals surface area contributed by atoms with E-state index in [9.17, 15) is 4.79 Å². The Hall–Kier alpha value is -2.14. The number of hydrogen-bond donors (Lipinski definition) is 2. The molecule has 2 N–H and O–H groups in total. The van der Waals surface area contributed by atoms with Crippen LogP contribution in [0.3, 0.4) is 0 Å². The summed E-state index contributed by atoms with van der Waals surface area (Å²) in [5, 5.41) is 1.98. The van der Waals surface area contributed by atoms with Gasteiger partial charge in [0.25, 0.3) is 5.56 Å². The number of hydrogen-bond acceptors (Lipinski definition) is 3. The van der Waals surface area contributed by atoms with E-state index in [0.29, 0.717) is 27.4 Å². The van der Waals surface area contributed by atoms with E-state index in [1.165, 1.54) is 6.20 Å². The van der Waals surface area contributed by atoms with E-state index in [0.717, 1.165) is 10.9 Å². The van der Waals surface area contributed by atoms with Crippen LogP contribution in [0, 0.1) is 0 Å². The highest BCUT2D eigenvalue weighted by atomic mass is 35.5. The first-order valence-corrected chi connectivity index (χ1v) is 5.98. The molecule has 19 heavy (non-hydrogen) atoms. The molecule has 98 valence electrons. The molecule has 0 aliphatic carbocycles. The molecule has 0 aliphatic heterocycles. The molecule has 0 amide bonds. The van der Waals surface area contributed by atoms with Gasteiger partial charge in [0.15, 0.2) is 11.5 Å². The predicted octanol–water partition coefficient (Wildman–Crippen LogP) is 2.68. The summed E-state index contributed by atoms with van der Waals surface area (Å²) in [6, 6.07) is 3.59. The van der Waals surface area contributed by atoms with Crippen LogP contribution in [0.1, 0.15) is 0 Å². The molecule has 0 aliphatic rings. The zero-order chi connectivity index (χ0) is 13.6. The Morgan fingerprint density at radius 3 is 2.53 bits per heavy atom. The molecular weight excluding hydrogens is 268 g/mol. The van der Waals surface area contributed by atoms with Crippen molar-refractivity contribution in [1.29, 1.82) is 0 Å². The molecule has 0 fully saturated rings. The lowest BCUT2D eigenvalue weighted by molar-refractivity contribution is 0.356. The molecule has 0 saturated carbocycles. The fourth-order valence-electron chi connectivity index (χ4n) is 2.21. The van der Waals surface area contributed by atoms with Crippen LogP contribution in [0.4, 0.5) is 0 Å². The van der Waals surface area contributed by atoms with E-state index in [1.54, 1.807) is 26.4 Å². The molecule has 3 rings (SSSR count). The van der Waals surface area contributed by atoms with Gasteiger partial charge in [-0.1, -0.05) is 11.6 Å². The first-order chi connectivity index (χ1) is 9.15. The molecule has 0 atom stereocenters. The second-order valence-electron chi connectivity index (χ2n) is 4.09. The summed E-state index contributed by atoms with van der Waals surface area (Å²) in [6.07, 6.45) is 1.48. The minimum absolute atomic E-state index is 0.214. The Morgan fingerprint density at radius 1 is 1.16 bits per heavy atom. The highest BCUT2D eigenvalue weighted by Gasteiger charge is 2.14. The van der Waals surface area contributed by atoms with Gasteiger partial charge in [0, 0.05) is 23.0 Å². The normalized spacial score (nSPS) is 11.1. The summed E-state index contributed by atoms with van der Waals surface area (Å²) in [6.45, 7) is 0. The number of fused-ring (bicyclic) bond motifs is 3. The molecule has 0 saturated heterocycles. The van der Waals surface area contributed by atoms with Crippen LogP contribution in [0.2, 0.25) is 5.02 Å². The summed E-state index contributed by atoms with van der Waals surface area (Å²) in [4.78, 5) is 17.4. The average molecular weight is 279 g/mol. The van der Waals surface area contributed by atoms with Gasteiger partial charge >= 0.3 is 0 Å². The van der Waals surface area contributed by atoms with E-state index in [-0.39, 0.29) is 5.56 Å². The number of benzene rings is 1. The summed E-state index contributed by atoms with van der Waals surface area (Å²) < 4.78 is 10.5. The molecule has 0 spiro atoms. The van der Waals surface area contributed by atoms with Gasteiger partial charge in [0.05, 0.1) is 24.8 Å². The lowest BCUT2D eigenvalue weighted by atomic mass is 10.1. The van der Waals surface area contributed by atoms with Crippen LogP contribution in [0.25, 0.3) is 21.8 Å². The number of aromatic amines is 2. The topological polar surface area (TPSA) is 67.1 Å². The summed E-state index contributed by atoms with van der Waals surface area (Å²) in [5.74, 6) is 1.18. The van der Waals surface area contributed by atoms with Gasteiger partial charge in [0.2, 0.25) is 0 Å². The van der Waals surface area contributed by atoms with Gasteiger partial charge in [-0.3, -0.25) is 4.79 Å². The van der Waals surface area contributed by atoms with Crippen LogP contribution < -0.4 is 15.0 Å². The molecule has 6 heteroatoms. The first-order valence-electron chi connectivity index (χ1n) is 5.60. The van der Waals surface area contributed by atoms with E-state index in [2.05, 4.69) is 9.97 Å². The van der Waals surface area contributed by atoms with Crippen LogP contribution in [-0.2, 0) is 0 Å². The van der Waals surface area contributed by atoms with Crippen molar-refractivity contribution in [3.05, 3.63) is 33.7 Å². The van der Waals surface area contributed by atoms with E-state index in [1.807, 2.05) is 0 Å². The molecule has 0 unspecified atom stereocenters. The van der Waals surface area contributed by atoms with Crippen molar-refractivity contribution in [3.8, 4) is 11.5 Å². The largest absolute Gasteiger partial charge is 0.493 e. The number of pyridine rings is 1. The van der Waals surface area contributed by atoms with Crippen molar-refractivity contribution < 1.29 is 9.47 Å². The van der Waals surface area contributed by atoms with Crippen molar-refractivity contribution in [2.75, 3.05) is 14.2 Å². The monoisotopic (exact) mass is 278 g/mol. The maximum Gasteiger partial charge on any atom is 0.272 e. The lowest BCUT2D eigenvalue weighted by Gasteiger charge is -2.07. The maximum atomic E-state index is 11.8. The Balaban J connectivity index is 2.52. The fraction of sp³-hybridized carbons (Fsp3) is 0.154. The smallest absolute Gasteiger partial charge is 0.272 e. The second kappa shape index (κ2) is 4.20. The third-order valence-corrected chi connectivity index (χ3v) is 3.40. The minimum Gasteiger partial charge on any atom is -0.493 e. The van der Waals surface area contributed by atoms with Gasteiger partial charge < -0.3 is 19.4 Å². The highest BCUT2D eigenvalue weighted by molar-refractivity contribution is 6.37. The fourth-order valence-corrected chi connectivity index (χ4v) is 2.46. The minimum atomic E-state index is -0.214. The maximum absolute atomic E-state index is 11.8. The zero-order valence-corrected chi connectivity index (χ0v) is 11.1. The number of methoxy groups -OCH3 is 2. The van der Waals surface area contributed by atoms with Gasteiger partial charge in [0.1, 0.15) is 5.52 Å². The number of nitrogens with one attached hydrogen (secondary N) is 2. The van der Waals surface area contributed by atoms with Crippen molar-refractivity contribution in [1.82, 2.24) is 9.97 Å². The number of rotatable bonds is 2. The van der Waals surface area contributed by atoms with Crippen LogP contribution in [0.15, 0.2) is 23.1 Å². The third-order valence-electron chi connectivity index (χ3n) is 3.10.